The standard InChI is InChI=1S/C13H24N4O2S/c1-3-4-5-13(2)12-17(11(19)9-20-12)7-6-16(13)8-10(18)15-14/h12H,3-9,14H2,1-2H3,(H,15,18)/t12-,13-/m1/s1. The average molecular weight is 300 g/mol. The number of carbonyl (C=O) groups excluding carboxylic acids is 2. The fourth-order valence-electron chi connectivity index (χ4n) is 3.15. The lowest BCUT2D eigenvalue weighted by Gasteiger charge is -2.51. The molecule has 2 aliphatic rings. The second-order valence-corrected chi connectivity index (χ2v) is 6.77. The highest BCUT2D eigenvalue weighted by Gasteiger charge is 2.50. The lowest BCUT2D eigenvalue weighted by Crippen LogP contribution is -2.66. The van der Waals surface area contributed by atoms with E-state index in [-0.39, 0.29) is 22.7 Å². The maximum absolute atomic E-state index is 11.9. The van der Waals surface area contributed by atoms with Crippen LogP contribution >= 0.6 is 11.8 Å². The average Bonchev–Trinajstić information content (AvgIpc) is 2.82. The zero-order valence-electron chi connectivity index (χ0n) is 12.2. The smallest absolute Gasteiger partial charge is 0.248 e. The van der Waals surface area contributed by atoms with Gasteiger partial charge in [-0.3, -0.25) is 19.9 Å². The molecule has 0 unspecified atom stereocenters. The van der Waals surface area contributed by atoms with E-state index in [9.17, 15) is 9.59 Å². The molecule has 2 rings (SSSR count). The highest BCUT2D eigenvalue weighted by molar-refractivity contribution is 8.01. The molecule has 20 heavy (non-hydrogen) atoms. The molecule has 0 spiro atoms. The van der Waals surface area contributed by atoms with Crippen molar-refractivity contribution in [3.63, 3.8) is 0 Å². The minimum atomic E-state index is -0.171. The first kappa shape index (κ1) is 15.6. The number of amides is 2. The van der Waals surface area contributed by atoms with Crippen LogP contribution in [0.25, 0.3) is 0 Å². The topological polar surface area (TPSA) is 78.7 Å². The van der Waals surface area contributed by atoms with E-state index in [4.69, 9.17) is 5.84 Å². The largest absolute Gasteiger partial charge is 0.327 e. The van der Waals surface area contributed by atoms with Crippen LogP contribution in [-0.2, 0) is 9.59 Å². The molecule has 0 aromatic heterocycles. The van der Waals surface area contributed by atoms with Crippen LogP contribution in [0.5, 0.6) is 0 Å². The molecule has 0 saturated carbocycles. The molecule has 114 valence electrons. The highest BCUT2D eigenvalue weighted by atomic mass is 32.2. The number of carbonyl (C=O) groups is 2. The zero-order valence-corrected chi connectivity index (χ0v) is 13.0. The molecule has 7 heteroatoms. The van der Waals surface area contributed by atoms with Crippen molar-refractivity contribution in [1.82, 2.24) is 15.2 Å². The van der Waals surface area contributed by atoms with Gasteiger partial charge in [0, 0.05) is 18.6 Å². The van der Waals surface area contributed by atoms with Crippen molar-refractivity contribution in [2.24, 2.45) is 5.84 Å². The molecule has 2 amide bonds. The summed E-state index contributed by atoms with van der Waals surface area (Å²) in [5, 5.41) is 0.154. The minimum Gasteiger partial charge on any atom is -0.327 e. The van der Waals surface area contributed by atoms with Crippen LogP contribution < -0.4 is 11.3 Å². The number of nitrogens with one attached hydrogen (secondary N) is 1. The first-order valence-corrected chi connectivity index (χ1v) is 8.23. The van der Waals surface area contributed by atoms with E-state index in [1.165, 1.54) is 0 Å². The van der Waals surface area contributed by atoms with Crippen LogP contribution in [0.3, 0.4) is 0 Å². The number of hydrazine groups is 1. The van der Waals surface area contributed by atoms with Crippen LogP contribution in [0.15, 0.2) is 0 Å². The molecule has 0 radical (unpaired) electrons. The Balaban J connectivity index is 2.18. The molecule has 2 aliphatic heterocycles. The van der Waals surface area contributed by atoms with E-state index in [1.54, 1.807) is 11.8 Å². The van der Waals surface area contributed by atoms with E-state index in [1.807, 2.05) is 4.90 Å². The van der Waals surface area contributed by atoms with Gasteiger partial charge in [-0.15, -0.1) is 11.8 Å². The number of nitrogens with two attached hydrogens (primary N) is 1. The van der Waals surface area contributed by atoms with Gasteiger partial charge in [0.15, 0.2) is 0 Å². The van der Waals surface area contributed by atoms with Gasteiger partial charge in [-0.05, 0) is 13.3 Å². The van der Waals surface area contributed by atoms with Crippen LogP contribution in [0.2, 0.25) is 0 Å². The normalized spacial score (nSPS) is 30.4. The number of piperazine rings is 1. The van der Waals surface area contributed by atoms with Crippen LogP contribution in [0.1, 0.15) is 33.1 Å². The van der Waals surface area contributed by atoms with Crippen molar-refractivity contribution >= 4 is 23.6 Å². The van der Waals surface area contributed by atoms with Crippen molar-refractivity contribution in [3.05, 3.63) is 0 Å². The number of hydrogen-bond acceptors (Lipinski definition) is 5. The number of nitrogens with zero attached hydrogens (tertiary/aromatic N) is 2. The number of unbranched alkanes of at least 4 members (excludes halogenated alkanes) is 1. The Morgan fingerprint density at radius 3 is 2.95 bits per heavy atom. The molecule has 0 aromatic rings. The van der Waals surface area contributed by atoms with E-state index in [0.717, 1.165) is 25.8 Å². The second kappa shape index (κ2) is 6.32. The molecular weight excluding hydrogens is 276 g/mol. The van der Waals surface area contributed by atoms with Crippen molar-refractivity contribution in [3.8, 4) is 0 Å². The quantitative estimate of drug-likeness (QED) is 0.429. The Hall–Kier alpha value is -0.790. The highest BCUT2D eigenvalue weighted by Crippen LogP contribution is 2.42. The maximum atomic E-state index is 11.9. The van der Waals surface area contributed by atoms with Crippen LogP contribution in [0.4, 0.5) is 0 Å². The van der Waals surface area contributed by atoms with Gasteiger partial charge in [0.25, 0.3) is 0 Å². The molecule has 2 fully saturated rings. The first-order chi connectivity index (χ1) is 9.52. The Morgan fingerprint density at radius 1 is 1.55 bits per heavy atom. The van der Waals surface area contributed by atoms with Crippen LogP contribution in [0, 0.1) is 0 Å². The summed E-state index contributed by atoms with van der Waals surface area (Å²) in [6.07, 6.45) is 3.19. The third kappa shape index (κ3) is 2.80. The van der Waals surface area contributed by atoms with Gasteiger partial charge in [-0.1, -0.05) is 19.8 Å². The van der Waals surface area contributed by atoms with Gasteiger partial charge < -0.3 is 4.90 Å². The molecular formula is C13H24N4O2S. The summed E-state index contributed by atoms with van der Waals surface area (Å²) in [7, 11) is 0. The van der Waals surface area contributed by atoms with Crippen molar-refractivity contribution in [2.75, 3.05) is 25.4 Å². The minimum absolute atomic E-state index is 0.154. The Kier molecular flexibility index (Phi) is 4.93. The Labute approximate surface area is 124 Å². The predicted molar refractivity (Wildman–Crippen MR) is 79.8 cm³/mol. The SMILES string of the molecule is CCCC[C@]1(C)[C@H]2SCC(=O)N2CCN1CC(=O)NN. The van der Waals surface area contributed by atoms with Gasteiger partial charge in [0.2, 0.25) is 11.8 Å². The second-order valence-electron chi connectivity index (χ2n) is 5.70. The van der Waals surface area contributed by atoms with Crippen molar-refractivity contribution in [1.29, 1.82) is 0 Å². The van der Waals surface area contributed by atoms with E-state index in [0.29, 0.717) is 18.8 Å². The van der Waals surface area contributed by atoms with Gasteiger partial charge in [-0.2, -0.15) is 0 Å². The van der Waals surface area contributed by atoms with E-state index < -0.39 is 0 Å². The summed E-state index contributed by atoms with van der Waals surface area (Å²) in [6, 6.07) is 0. The summed E-state index contributed by atoms with van der Waals surface area (Å²) in [6.45, 7) is 6.07. The number of fused-ring (bicyclic) bond motifs is 1. The van der Waals surface area contributed by atoms with E-state index >= 15 is 0 Å². The molecule has 0 aliphatic carbocycles. The van der Waals surface area contributed by atoms with E-state index in [2.05, 4.69) is 24.2 Å². The Morgan fingerprint density at radius 2 is 2.30 bits per heavy atom. The fraction of sp³-hybridized carbons (Fsp3) is 0.846. The third-order valence-corrected chi connectivity index (χ3v) is 5.86. The Bertz CT molecular complexity index is 393. The molecule has 2 heterocycles. The third-order valence-electron chi connectivity index (χ3n) is 4.37. The molecule has 6 nitrogen and oxygen atoms in total. The number of rotatable bonds is 5. The lowest BCUT2D eigenvalue weighted by atomic mass is 9.89. The van der Waals surface area contributed by atoms with Crippen molar-refractivity contribution < 1.29 is 9.59 Å². The number of hydrogen-bond donors (Lipinski definition) is 2. The lowest BCUT2D eigenvalue weighted by molar-refractivity contribution is -0.135. The molecule has 0 bridgehead atoms. The zero-order chi connectivity index (χ0) is 14.8. The predicted octanol–water partition coefficient (Wildman–Crippen LogP) is 0.142. The number of thioether (sulfide) groups is 1. The van der Waals surface area contributed by atoms with Gasteiger partial charge in [0.05, 0.1) is 17.7 Å². The van der Waals surface area contributed by atoms with Gasteiger partial charge in [0.1, 0.15) is 0 Å². The summed E-state index contributed by atoms with van der Waals surface area (Å²) in [4.78, 5) is 27.8. The monoisotopic (exact) mass is 300 g/mol. The van der Waals surface area contributed by atoms with Gasteiger partial charge in [-0.25, -0.2) is 5.84 Å². The molecule has 3 N–H and O–H groups in total. The fourth-order valence-corrected chi connectivity index (χ4v) is 4.64. The van der Waals surface area contributed by atoms with Crippen LogP contribution in [-0.4, -0.2) is 57.9 Å². The first-order valence-electron chi connectivity index (χ1n) is 7.18. The molecule has 2 saturated heterocycles. The molecule has 2 atom stereocenters. The van der Waals surface area contributed by atoms with Crippen molar-refractivity contribution in [2.45, 2.75) is 44.0 Å². The summed E-state index contributed by atoms with van der Waals surface area (Å²) < 4.78 is 0. The van der Waals surface area contributed by atoms with Gasteiger partial charge >= 0.3 is 0 Å². The summed E-state index contributed by atoms with van der Waals surface area (Å²) in [5.74, 6) is 5.83. The molecule has 0 aromatic carbocycles. The maximum Gasteiger partial charge on any atom is 0.248 e. The summed E-state index contributed by atoms with van der Waals surface area (Å²) >= 11 is 1.70. The summed E-state index contributed by atoms with van der Waals surface area (Å²) in [5.41, 5.74) is 2.05.